The highest BCUT2D eigenvalue weighted by Gasteiger charge is 2.38. The summed E-state index contributed by atoms with van der Waals surface area (Å²) in [5.74, 6) is 0. The van der Waals surface area contributed by atoms with Gasteiger partial charge < -0.3 is 5.32 Å². The van der Waals surface area contributed by atoms with E-state index in [9.17, 15) is 10.1 Å². The van der Waals surface area contributed by atoms with Crippen molar-refractivity contribution in [2.24, 2.45) is 0 Å². The minimum absolute atomic E-state index is 0.0714. The highest BCUT2D eigenvalue weighted by atomic mass is 16.6. The van der Waals surface area contributed by atoms with Crippen LogP contribution in [-0.2, 0) is 0 Å². The number of nitro benzene ring substituents is 1. The Bertz CT molecular complexity index is 603. The number of fused-ring (bicyclic) bond motifs is 1. The molecule has 0 unspecified atom stereocenters. The molecule has 0 atom stereocenters. The van der Waals surface area contributed by atoms with Gasteiger partial charge in [0.05, 0.1) is 10.6 Å². The first-order chi connectivity index (χ1) is 8.09. The van der Waals surface area contributed by atoms with Gasteiger partial charge in [-0.1, -0.05) is 0 Å². The monoisotopic (exact) mass is 234 g/mol. The van der Waals surface area contributed by atoms with Crippen molar-refractivity contribution in [1.29, 1.82) is 0 Å². The molecule has 0 radical (unpaired) electrons. The van der Waals surface area contributed by atoms with Crippen LogP contribution < -0.4 is 5.32 Å². The quantitative estimate of drug-likeness (QED) is 0.645. The molecule has 1 heterocycles. The molecule has 1 fully saturated rings. The van der Waals surface area contributed by atoms with Crippen LogP contribution in [0.4, 0.5) is 11.4 Å². The van der Waals surface area contributed by atoms with Crippen LogP contribution in [0.25, 0.3) is 11.0 Å². The van der Waals surface area contributed by atoms with Crippen molar-refractivity contribution in [3.05, 3.63) is 22.2 Å². The van der Waals surface area contributed by atoms with Crippen molar-refractivity contribution >= 4 is 22.4 Å². The lowest BCUT2D eigenvalue weighted by atomic mass is 10.2. The zero-order valence-corrected chi connectivity index (χ0v) is 9.14. The SMILES string of the molecule is CC1(Nc2ccc([N+](=O)[O-])c3nonc23)CC1. The molecule has 3 rings (SSSR count). The van der Waals surface area contributed by atoms with Gasteiger partial charge in [0.15, 0.2) is 5.52 Å². The summed E-state index contributed by atoms with van der Waals surface area (Å²) in [4.78, 5) is 10.3. The summed E-state index contributed by atoms with van der Waals surface area (Å²) < 4.78 is 4.59. The topological polar surface area (TPSA) is 94.1 Å². The largest absolute Gasteiger partial charge is 0.378 e. The molecule has 0 amide bonds. The first-order valence-electron chi connectivity index (χ1n) is 5.27. The number of nitro groups is 1. The fraction of sp³-hybridized carbons (Fsp3) is 0.400. The molecular formula is C10H10N4O3. The van der Waals surface area contributed by atoms with Crippen molar-refractivity contribution < 1.29 is 9.55 Å². The molecule has 2 aromatic rings. The van der Waals surface area contributed by atoms with Crippen molar-refractivity contribution in [3.8, 4) is 0 Å². The number of non-ortho nitro benzene ring substituents is 1. The number of hydrogen-bond acceptors (Lipinski definition) is 6. The number of benzene rings is 1. The lowest BCUT2D eigenvalue weighted by molar-refractivity contribution is -0.383. The van der Waals surface area contributed by atoms with Gasteiger partial charge in [0.25, 0.3) is 0 Å². The maximum Gasteiger partial charge on any atom is 0.300 e. The molecule has 88 valence electrons. The molecule has 0 aliphatic heterocycles. The van der Waals surface area contributed by atoms with E-state index in [1.807, 2.05) is 0 Å². The van der Waals surface area contributed by atoms with Gasteiger partial charge in [-0.2, -0.15) is 0 Å². The summed E-state index contributed by atoms with van der Waals surface area (Å²) in [6, 6.07) is 3.06. The number of anilines is 1. The summed E-state index contributed by atoms with van der Waals surface area (Å²) in [5.41, 5.74) is 1.30. The van der Waals surface area contributed by atoms with Crippen molar-refractivity contribution in [1.82, 2.24) is 10.3 Å². The first-order valence-corrected chi connectivity index (χ1v) is 5.27. The van der Waals surface area contributed by atoms with Crippen LogP contribution in [0.15, 0.2) is 16.8 Å². The molecule has 7 heteroatoms. The number of hydrogen-bond donors (Lipinski definition) is 1. The van der Waals surface area contributed by atoms with Gasteiger partial charge in [0.1, 0.15) is 0 Å². The van der Waals surface area contributed by atoms with Gasteiger partial charge in [0.2, 0.25) is 5.52 Å². The molecule has 0 spiro atoms. The number of rotatable bonds is 3. The van der Waals surface area contributed by atoms with Crippen LogP contribution in [0.5, 0.6) is 0 Å². The van der Waals surface area contributed by atoms with E-state index in [0.29, 0.717) is 5.52 Å². The average Bonchev–Trinajstić information content (AvgIpc) is 2.80. The Morgan fingerprint density at radius 1 is 1.41 bits per heavy atom. The minimum atomic E-state index is -0.491. The molecule has 17 heavy (non-hydrogen) atoms. The maximum absolute atomic E-state index is 10.8. The third-order valence-electron chi connectivity index (χ3n) is 3.03. The average molecular weight is 234 g/mol. The summed E-state index contributed by atoms with van der Waals surface area (Å²) in [6.45, 7) is 2.09. The molecule has 0 saturated heterocycles. The van der Waals surface area contributed by atoms with Gasteiger partial charge in [-0.25, -0.2) is 4.63 Å². The van der Waals surface area contributed by atoms with Crippen LogP contribution in [0.3, 0.4) is 0 Å². The smallest absolute Gasteiger partial charge is 0.300 e. The van der Waals surface area contributed by atoms with Gasteiger partial charge in [-0.3, -0.25) is 10.1 Å². The Hall–Kier alpha value is -2.18. The zero-order chi connectivity index (χ0) is 12.0. The van der Waals surface area contributed by atoms with Crippen molar-refractivity contribution in [2.75, 3.05) is 5.32 Å². The summed E-state index contributed by atoms with van der Waals surface area (Å²) in [7, 11) is 0. The second kappa shape index (κ2) is 3.16. The number of aromatic nitrogens is 2. The minimum Gasteiger partial charge on any atom is -0.378 e. The fourth-order valence-electron chi connectivity index (χ4n) is 1.74. The summed E-state index contributed by atoms with van der Waals surface area (Å²) in [6.07, 6.45) is 2.16. The first kappa shape index (κ1) is 10.0. The Labute approximate surface area is 95.9 Å². The second-order valence-electron chi connectivity index (χ2n) is 4.54. The Balaban J connectivity index is 2.11. The predicted molar refractivity (Wildman–Crippen MR) is 59.7 cm³/mol. The fourth-order valence-corrected chi connectivity index (χ4v) is 1.74. The highest BCUT2D eigenvalue weighted by molar-refractivity contribution is 5.93. The molecule has 1 aromatic carbocycles. The lowest BCUT2D eigenvalue weighted by Crippen LogP contribution is -2.16. The van der Waals surface area contributed by atoms with Gasteiger partial charge in [0, 0.05) is 11.6 Å². The highest BCUT2D eigenvalue weighted by Crippen LogP contribution is 2.40. The Morgan fingerprint density at radius 2 is 2.12 bits per heavy atom. The third-order valence-corrected chi connectivity index (χ3v) is 3.03. The number of nitrogens with zero attached hydrogens (tertiary/aromatic N) is 3. The molecule has 1 aliphatic carbocycles. The molecule has 0 bridgehead atoms. The van der Waals surface area contributed by atoms with Gasteiger partial charge >= 0.3 is 5.69 Å². The van der Waals surface area contributed by atoms with E-state index < -0.39 is 4.92 Å². The predicted octanol–water partition coefficient (Wildman–Crippen LogP) is 2.10. The van der Waals surface area contributed by atoms with Crippen molar-refractivity contribution in [2.45, 2.75) is 25.3 Å². The van der Waals surface area contributed by atoms with E-state index in [1.54, 1.807) is 6.07 Å². The van der Waals surface area contributed by atoms with Gasteiger partial charge in [-0.15, -0.1) is 0 Å². The second-order valence-corrected chi connectivity index (χ2v) is 4.54. The van der Waals surface area contributed by atoms with E-state index in [0.717, 1.165) is 18.5 Å². The summed E-state index contributed by atoms with van der Waals surface area (Å²) in [5, 5.41) is 21.4. The molecule has 1 N–H and O–H groups in total. The molecular weight excluding hydrogens is 224 g/mol. The van der Waals surface area contributed by atoms with Crippen LogP contribution in [0.1, 0.15) is 19.8 Å². The maximum atomic E-state index is 10.8. The van der Waals surface area contributed by atoms with Crippen LogP contribution in [0.2, 0.25) is 0 Å². The molecule has 1 aliphatic rings. The Morgan fingerprint density at radius 3 is 2.76 bits per heavy atom. The Kier molecular flexibility index (Phi) is 1.86. The molecule has 1 saturated carbocycles. The van der Waals surface area contributed by atoms with E-state index >= 15 is 0 Å². The normalized spacial score (nSPS) is 17.0. The van der Waals surface area contributed by atoms with Gasteiger partial charge in [-0.05, 0) is 36.1 Å². The van der Waals surface area contributed by atoms with Crippen LogP contribution in [0, 0.1) is 10.1 Å². The van der Waals surface area contributed by atoms with Crippen molar-refractivity contribution in [3.63, 3.8) is 0 Å². The lowest BCUT2D eigenvalue weighted by Gasteiger charge is -2.12. The molecule has 7 nitrogen and oxygen atoms in total. The van der Waals surface area contributed by atoms with Crippen LogP contribution >= 0.6 is 0 Å². The van der Waals surface area contributed by atoms with E-state index in [1.165, 1.54) is 6.07 Å². The van der Waals surface area contributed by atoms with Crippen LogP contribution in [-0.4, -0.2) is 20.8 Å². The number of nitrogens with one attached hydrogen (secondary N) is 1. The third kappa shape index (κ3) is 1.59. The summed E-state index contributed by atoms with van der Waals surface area (Å²) >= 11 is 0. The standard InChI is InChI=1S/C10H10N4O3/c1-10(4-5-10)11-6-2-3-7(14(15)16)9-8(6)12-17-13-9/h2-3,11H,4-5H2,1H3. The van der Waals surface area contributed by atoms with E-state index in [-0.39, 0.29) is 16.7 Å². The zero-order valence-electron chi connectivity index (χ0n) is 9.14. The van der Waals surface area contributed by atoms with E-state index in [2.05, 4.69) is 27.2 Å². The molecule has 1 aromatic heterocycles. The van der Waals surface area contributed by atoms with E-state index in [4.69, 9.17) is 0 Å².